The van der Waals surface area contributed by atoms with Crippen molar-refractivity contribution in [1.82, 2.24) is 5.32 Å². The van der Waals surface area contributed by atoms with Gasteiger partial charge < -0.3 is 20.5 Å². The van der Waals surface area contributed by atoms with Crippen LogP contribution in [0.5, 0.6) is 5.75 Å². The van der Waals surface area contributed by atoms with Crippen LogP contribution in [0.4, 0.5) is 5.69 Å². The smallest absolute Gasteiger partial charge is 0.305 e. The molecule has 0 aromatic heterocycles. The molecule has 0 spiro atoms. The third-order valence-electron chi connectivity index (χ3n) is 2.50. The molecule has 1 aromatic rings. The lowest BCUT2D eigenvalue weighted by Crippen LogP contribution is -2.18. The summed E-state index contributed by atoms with van der Waals surface area (Å²) in [5.41, 5.74) is 0.222. The highest BCUT2D eigenvalue weighted by atomic mass is 35.5. The van der Waals surface area contributed by atoms with E-state index in [0.29, 0.717) is 16.5 Å². The topological polar surface area (TPSA) is 111 Å². The van der Waals surface area contributed by atoms with Crippen molar-refractivity contribution in [2.45, 2.75) is 6.42 Å². The van der Waals surface area contributed by atoms with Crippen molar-refractivity contribution in [2.24, 2.45) is 0 Å². The largest absolute Gasteiger partial charge is 0.495 e. The molecule has 7 nitrogen and oxygen atoms in total. The summed E-state index contributed by atoms with van der Waals surface area (Å²) in [7, 11) is 1.47. The average molecular weight is 324 g/mol. The molecule has 116 valence electrons. The number of amides is 1. The van der Waals surface area contributed by atoms with Crippen molar-refractivity contribution in [2.75, 3.05) is 19.0 Å². The number of benzene rings is 1. The number of nitrogens with one attached hydrogen (secondary N) is 2. The fraction of sp³-hybridized carbons (Fsp3) is 0.214. The lowest BCUT2D eigenvalue weighted by atomic mass is 10.2. The molecular formula is C14H14ClN3O4. The number of anilines is 1. The van der Waals surface area contributed by atoms with E-state index in [1.54, 1.807) is 18.2 Å². The molecule has 0 aliphatic rings. The van der Waals surface area contributed by atoms with Crippen LogP contribution in [0, 0.1) is 11.3 Å². The summed E-state index contributed by atoms with van der Waals surface area (Å²) in [5, 5.41) is 22.8. The number of nitrogens with zero attached hydrogens (tertiary/aromatic N) is 1. The van der Waals surface area contributed by atoms with Gasteiger partial charge in [-0.05, 0) is 18.2 Å². The molecule has 0 fully saturated rings. The van der Waals surface area contributed by atoms with Crippen molar-refractivity contribution < 1.29 is 19.4 Å². The first kappa shape index (κ1) is 17.3. The van der Waals surface area contributed by atoms with Crippen molar-refractivity contribution in [3.8, 4) is 11.8 Å². The van der Waals surface area contributed by atoms with E-state index in [-0.39, 0.29) is 18.5 Å². The number of carbonyl (C=O) groups excluding carboxylic acids is 1. The molecule has 0 atom stereocenters. The van der Waals surface area contributed by atoms with Crippen LogP contribution in [-0.2, 0) is 9.59 Å². The van der Waals surface area contributed by atoms with Gasteiger partial charge >= 0.3 is 5.97 Å². The number of carboxylic acid groups (broad SMARTS) is 1. The molecule has 3 N–H and O–H groups in total. The molecule has 1 rings (SSSR count). The zero-order chi connectivity index (χ0) is 16.5. The van der Waals surface area contributed by atoms with Crippen LogP contribution in [0.2, 0.25) is 5.02 Å². The number of rotatable bonds is 7. The van der Waals surface area contributed by atoms with E-state index < -0.39 is 11.9 Å². The van der Waals surface area contributed by atoms with E-state index in [4.69, 9.17) is 26.7 Å². The zero-order valence-electron chi connectivity index (χ0n) is 11.7. The van der Waals surface area contributed by atoms with Crippen molar-refractivity contribution in [3.63, 3.8) is 0 Å². The highest BCUT2D eigenvalue weighted by Crippen LogP contribution is 2.27. The number of carbonyl (C=O) groups is 2. The van der Waals surface area contributed by atoms with Crippen LogP contribution in [0.3, 0.4) is 0 Å². The van der Waals surface area contributed by atoms with Gasteiger partial charge in [0.25, 0.3) is 5.91 Å². The first-order valence-corrected chi connectivity index (χ1v) is 6.56. The molecule has 8 heteroatoms. The maximum absolute atomic E-state index is 11.9. The van der Waals surface area contributed by atoms with Gasteiger partial charge in [-0.15, -0.1) is 0 Å². The fourth-order valence-corrected chi connectivity index (χ4v) is 1.70. The van der Waals surface area contributed by atoms with Crippen LogP contribution in [0.15, 0.2) is 30.0 Å². The second-order valence-electron chi connectivity index (χ2n) is 4.07. The maximum atomic E-state index is 11.9. The Balaban J connectivity index is 2.69. The van der Waals surface area contributed by atoms with Gasteiger partial charge in [0.15, 0.2) is 0 Å². The van der Waals surface area contributed by atoms with Crippen molar-refractivity contribution in [1.29, 1.82) is 5.26 Å². The predicted octanol–water partition coefficient (Wildman–Crippen LogP) is 1.76. The number of aliphatic carboxylic acids is 1. The Morgan fingerprint density at radius 1 is 1.50 bits per heavy atom. The SMILES string of the molecule is COc1ccc(NC(=O)/C(C#N)=C\NCCC(=O)O)cc1Cl. The maximum Gasteiger partial charge on any atom is 0.305 e. The van der Waals surface area contributed by atoms with E-state index >= 15 is 0 Å². The number of ether oxygens (including phenoxy) is 1. The van der Waals surface area contributed by atoms with E-state index in [2.05, 4.69) is 10.6 Å². The fourth-order valence-electron chi connectivity index (χ4n) is 1.44. The molecule has 0 saturated carbocycles. The molecular weight excluding hydrogens is 310 g/mol. The normalized spacial score (nSPS) is 10.5. The third-order valence-corrected chi connectivity index (χ3v) is 2.80. The second-order valence-corrected chi connectivity index (χ2v) is 4.48. The van der Waals surface area contributed by atoms with Crippen LogP contribution >= 0.6 is 11.6 Å². The third kappa shape index (κ3) is 5.34. The molecule has 0 radical (unpaired) electrons. The van der Waals surface area contributed by atoms with Gasteiger partial charge in [0.1, 0.15) is 17.4 Å². The van der Waals surface area contributed by atoms with Gasteiger partial charge in [0.2, 0.25) is 0 Å². The van der Waals surface area contributed by atoms with Gasteiger partial charge in [0.05, 0.1) is 18.6 Å². The van der Waals surface area contributed by atoms with E-state index in [9.17, 15) is 9.59 Å². The van der Waals surface area contributed by atoms with E-state index in [1.807, 2.05) is 0 Å². The highest BCUT2D eigenvalue weighted by molar-refractivity contribution is 6.32. The molecule has 1 amide bonds. The summed E-state index contributed by atoms with van der Waals surface area (Å²) in [6.45, 7) is 0.113. The van der Waals surface area contributed by atoms with Crippen molar-refractivity contribution >= 4 is 29.2 Å². The Morgan fingerprint density at radius 3 is 2.77 bits per heavy atom. The molecule has 1 aromatic carbocycles. The van der Waals surface area contributed by atoms with Crippen LogP contribution in [-0.4, -0.2) is 30.6 Å². The number of hydrogen-bond acceptors (Lipinski definition) is 5. The first-order valence-electron chi connectivity index (χ1n) is 6.18. The summed E-state index contributed by atoms with van der Waals surface area (Å²) >= 11 is 5.93. The monoisotopic (exact) mass is 323 g/mol. The molecule has 0 unspecified atom stereocenters. The number of hydrogen-bond donors (Lipinski definition) is 3. The summed E-state index contributed by atoms with van der Waals surface area (Å²) in [5.74, 6) is -1.14. The molecule has 0 aliphatic carbocycles. The number of carboxylic acids is 1. The second kappa shape index (κ2) is 8.54. The van der Waals surface area contributed by atoms with Crippen LogP contribution < -0.4 is 15.4 Å². The summed E-state index contributed by atoms with van der Waals surface area (Å²) in [6, 6.07) is 6.38. The Morgan fingerprint density at radius 2 is 2.23 bits per heavy atom. The lowest BCUT2D eigenvalue weighted by Gasteiger charge is -2.07. The van der Waals surface area contributed by atoms with Crippen LogP contribution in [0.1, 0.15) is 6.42 Å². The summed E-state index contributed by atoms with van der Waals surface area (Å²) < 4.78 is 4.99. The summed E-state index contributed by atoms with van der Waals surface area (Å²) in [4.78, 5) is 22.3. The minimum absolute atomic E-state index is 0.113. The zero-order valence-corrected chi connectivity index (χ0v) is 12.5. The number of halogens is 1. The molecule has 22 heavy (non-hydrogen) atoms. The molecule has 0 saturated heterocycles. The van der Waals surface area contributed by atoms with Crippen LogP contribution in [0.25, 0.3) is 0 Å². The average Bonchev–Trinajstić information content (AvgIpc) is 2.47. The molecule has 0 heterocycles. The van der Waals surface area contributed by atoms with Gasteiger partial charge in [-0.1, -0.05) is 11.6 Å². The van der Waals surface area contributed by atoms with Gasteiger partial charge in [-0.3, -0.25) is 9.59 Å². The number of methoxy groups -OCH3 is 1. The minimum Gasteiger partial charge on any atom is -0.495 e. The Labute approximate surface area is 132 Å². The predicted molar refractivity (Wildman–Crippen MR) is 80.6 cm³/mol. The quantitative estimate of drug-likeness (QED) is 0.400. The standard InChI is InChI=1S/C14H14ClN3O4/c1-22-12-3-2-10(6-11(12)15)18-14(21)9(7-16)8-17-5-4-13(19)20/h2-3,6,8,17H,4-5H2,1H3,(H,18,21)(H,19,20)/b9-8-. The van der Waals surface area contributed by atoms with E-state index in [1.165, 1.54) is 19.4 Å². The molecule has 0 aliphatic heterocycles. The number of nitriles is 1. The Kier molecular flexibility index (Phi) is 6.73. The van der Waals surface area contributed by atoms with Gasteiger partial charge in [0, 0.05) is 18.4 Å². The van der Waals surface area contributed by atoms with Gasteiger partial charge in [-0.25, -0.2) is 0 Å². The van der Waals surface area contributed by atoms with Gasteiger partial charge in [-0.2, -0.15) is 5.26 Å². The Hall–Kier alpha value is -2.72. The highest BCUT2D eigenvalue weighted by Gasteiger charge is 2.10. The first-order chi connectivity index (χ1) is 10.5. The molecule has 0 bridgehead atoms. The van der Waals surface area contributed by atoms with Crippen molar-refractivity contribution in [3.05, 3.63) is 35.0 Å². The van der Waals surface area contributed by atoms with E-state index in [0.717, 1.165) is 0 Å². The minimum atomic E-state index is -0.975. The lowest BCUT2D eigenvalue weighted by molar-refractivity contribution is -0.136. The summed E-state index contributed by atoms with van der Waals surface area (Å²) in [6.07, 6.45) is 1.05. The Bertz CT molecular complexity index is 637.